The average molecular weight is 284 g/mol. The predicted octanol–water partition coefficient (Wildman–Crippen LogP) is 2.47. The molecule has 3 rings (SSSR count). The molecule has 110 valence electrons. The van der Waals surface area contributed by atoms with Crippen molar-refractivity contribution in [2.24, 2.45) is 7.05 Å². The molecular formula is C16H20N4O. The van der Waals surface area contributed by atoms with Gasteiger partial charge in [-0.2, -0.15) is 0 Å². The summed E-state index contributed by atoms with van der Waals surface area (Å²) in [6.45, 7) is 1.28. The van der Waals surface area contributed by atoms with E-state index in [4.69, 9.17) is 0 Å². The molecule has 1 atom stereocenters. The first kappa shape index (κ1) is 13.7. The van der Waals surface area contributed by atoms with E-state index in [1.54, 1.807) is 6.20 Å². The molecule has 0 saturated carbocycles. The topological polar surface area (TPSA) is 50.2 Å². The standard InChI is InChI=1S/C16H20N4O/c1-19-10-4-7-14(19)15-8-5-11-20(15)16(21)18-12-13-6-2-3-9-17-13/h2-4,6-7,9-10,15H,5,8,11-12H2,1H3,(H,18,21). The zero-order valence-corrected chi connectivity index (χ0v) is 12.2. The Morgan fingerprint density at radius 1 is 1.38 bits per heavy atom. The summed E-state index contributed by atoms with van der Waals surface area (Å²) < 4.78 is 2.09. The van der Waals surface area contributed by atoms with Crippen molar-refractivity contribution in [2.45, 2.75) is 25.4 Å². The van der Waals surface area contributed by atoms with Gasteiger partial charge in [0.2, 0.25) is 0 Å². The molecule has 1 N–H and O–H groups in total. The van der Waals surface area contributed by atoms with E-state index in [2.05, 4.69) is 20.9 Å². The van der Waals surface area contributed by atoms with Crippen LogP contribution in [0.2, 0.25) is 0 Å². The minimum Gasteiger partial charge on any atom is -0.353 e. The lowest BCUT2D eigenvalue weighted by Gasteiger charge is -2.25. The summed E-state index contributed by atoms with van der Waals surface area (Å²) in [5.74, 6) is 0. The third-order valence-electron chi connectivity index (χ3n) is 3.99. The van der Waals surface area contributed by atoms with Crippen molar-refractivity contribution in [1.29, 1.82) is 0 Å². The molecule has 21 heavy (non-hydrogen) atoms. The molecule has 1 unspecified atom stereocenters. The maximum absolute atomic E-state index is 12.4. The molecule has 5 heteroatoms. The first-order valence-electron chi connectivity index (χ1n) is 7.31. The summed E-state index contributed by atoms with van der Waals surface area (Å²) in [7, 11) is 2.03. The number of nitrogens with one attached hydrogen (secondary N) is 1. The minimum absolute atomic E-state index is 0.00986. The second-order valence-electron chi connectivity index (χ2n) is 5.38. The molecule has 2 aromatic rings. The van der Waals surface area contributed by atoms with Crippen LogP contribution in [0, 0.1) is 0 Å². The molecule has 1 aliphatic rings. The summed E-state index contributed by atoms with van der Waals surface area (Å²) in [5, 5.41) is 2.97. The van der Waals surface area contributed by atoms with Gasteiger partial charge in [-0.3, -0.25) is 4.98 Å². The van der Waals surface area contributed by atoms with Crippen LogP contribution in [0.15, 0.2) is 42.7 Å². The number of amides is 2. The first-order chi connectivity index (χ1) is 10.3. The van der Waals surface area contributed by atoms with Gasteiger partial charge in [-0.25, -0.2) is 4.79 Å². The number of likely N-dealkylation sites (tertiary alicyclic amines) is 1. The predicted molar refractivity (Wildman–Crippen MR) is 80.6 cm³/mol. The number of carbonyl (C=O) groups is 1. The summed E-state index contributed by atoms with van der Waals surface area (Å²) in [5.41, 5.74) is 2.07. The van der Waals surface area contributed by atoms with E-state index < -0.39 is 0 Å². The minimum atomic E-state index is -0.00986. The Kier molecular flexibility index (Phi) is 3.90. The first-order valence-corrected chi connectivity index (χ1v) is 7.31. The van der Waals surface area contributed by atoms with Gasteiger partial charge < -0.3 is 14.8 Å². The number of pyridine rings is 1. The fraction of sp³-hybridized carbons (Fsp3) is 0.375. The number of aromatic nitrogens is 2. The summed E-state index contributed by atoms with van der Waals surface area (Å²) in [6, 6.07) is 10.00. The monoisotopic (exact) mass is 284 g/mol. The van der Waals surface area contributed by atoms with E-state index in [-0.39, 0.29) is 12.1 Å². The van der Waals surface area contributed by atoms with Crippen molar-refractivity contribution in [1.82, 2.24) is 19.8 Å². The third-order valence-corrected chi connectivity index (χ3v) is 3.99. The van der Waals surface area contributed by atoms with Crippen molar-refractivity contribution in [3.05, 3.63) is 54.1 Å². The van der Waals surface area contributed by atoms with Crippen molar-refractivity contribution < 1.29 is 4.79 Å². The third kappa shape index (κ3) is 2.91. The highest BCUT2D eigenvalue weighted by Gasteiger charge is 2.31. The van der Waals surface area contributed by atoms with Gasteiger partial charge in [0.1, 0.15) is 0 Å². The number of urea groups is 1. The molecule has 0 aliphatic carbocycles. The van der Waals surface area contributed by atoms with Gasteiger partial charge in [0, 0.05) is 31.7 Å². The molecule has 1 saturated heterocycles. The van der Waals surface area contributed by atoms with Gasteiger partial charge in [-0.05, 0) is 37.1 Å². The lowest BCUT2D eigenvalue weighted by Crippen LogP contribution is -2.39. The second kappa shape index (κ2) is 5.99. The lowest BCUT2D eigenvalue weighted by atomic mass is 10.1. The Morgan fingerprint density at radius 2 is 2.29 bits per heavy atom. The second-order valence-corrected chi connectivity index (χ2v) is 5.38. The van der Waals surface area contributed by atoms with Gasteiger partial charge in [-0.15, -0.1) is 0 Å². The average Bonchev–Trinajstić information content (AvgIpc) is 3.14. The van der Waals surface area contributed by atoms with Crippen LogP contribution in [-0.2, 0) is 13.6 Å². The van der Waals surface area contributed by atoms with Crippen LogP contribution in [0.5, 0.6) is 0 Å². The van der Waals surface area contributed by atoms with Gasteiger partial charge in [0.25, 0.3) is 0 Å². The van der Waals surface area contributed by atoms with Crippen LogP contribution in [0.4, 0.5) is 4.79 Å². The number of nitrogens with zero attached hydrogens (tertiary/aromatic N) is 3. The smallest absolute Gasteiger partial charge is 0.318 e. The zero-order chi connectivity index (χ0) is 14.7. The number of carbonyl (C=O) groups excluding carboxylic acids is 1. The van der Waals surface area contributed by atoms with Crippen LogP contribution in [0.3, 0.4) is 0 Å². The molecule has 3 heterocycles. The van der Waals surface area contributed by atoms with Crippen molar-refractivity contribution in [2.75, 3.05) is 6.54 Å². The van der Waals surface area contributed by atoms with Crippen molar-refractivity contribution in [3.63, 3.8) is 0 Å². The summed E-state index contributed by atoms with van der Waals surface area (Å²) in [4.78, 5) is 18.6. The number of aryl methyl sites for hydroxylation is 1. The normalized spacial score (nSPS) is 18.0. The lowest BCUT2D eigenvalue weighted by molar-refractivity contribution is 0.190. The fourth-order valence-electron chi connectivity index (χ4n) is 2.91. The van der Waals surface area contributed by atoms with Gasteiger partial charge in [0.15, 0.2) is 0 Å². The maximum Gasteiger partial charge on any atom is 0.318 e. The SMILES string of the molecule is Cn1cccc1C1CCCN1C(=O)NCc1ccccn1. The Labute approximate surface area is 124 Å². The molecule has 0 radical (unpaired) electrons. The van der Waals surface area contributed by atoms with E-state index >= 15 is 0 Å². The summed E-state index contributed by atoms with van der Waals surface area (Å²) in [6.07, 6.45) is 5.84. The highest BCUT2D eigenvalue weighted by molar-refractivity contribution is 5.75. The van der Waals surface area contributed by atoms with Crippen molar-refractivity contribution in [3.8, 4) is 0 Å². The molecule has 5 nitrogen and oxygen atoms in total. The number of hydrogen-bond donors (Lipinski definition) is 1. The molecule has 1 aliphatic heterocycles. The molecule has 2 aromatic heterocycles. The summed E-state index contributed by atoms with van der Waals surface area (Å²) >= 11 is 0. The van der Waals surface area contributed by atoms with Crippen LogP contribution in [0.25, 0.3) is 0 Å². The Hall–Kier alpha value is -2.30. The zero-order valence-electron chi connectivity index (χ0n) is 12.2. The molecule has 0 aromatic carbocycles. The van der Waals surface area contributed by atoms with Crippen molar-refractivity contribution >= 4 is 6.03 Å². The van der Waals surface area contributed by atoms with Gasteiger partial charge in [0.05, 0.1) is 18.3 Å². The van der Waals surface area contributed by atoms with Crippen LogP contribution in [-0.4, -0.2) is 27.0 Å². The Morgan fingerprint density at radius 3 is 3.00 bits per heavy atom. The van der Waals surface area contributed by atoms with E-state index in [0.29, 0.717) is 6.54 Å². The molecule has 2 amide bonds. The van der Waals surface area contributed by atoms with E-state index in [1.807, 2.05) is 42.4 Å². The molecule has 1 fully saturated rings. The quantitative estimate of drug-likeness (QED) is 0.941. The van der Waals surface area contributed by atoms with Gasteiger partial charge >= 0.3 is 6.03 Å². The van der Waals surface area contributed by atoms with E-state index in [0.717, 1.165) is 25.1 Å². The number of hydrogen-bond acceptors (Lipinski definition) is 2. The molecular weight excluding hydrogens is 264 g/mol. The maximum atomic E-state index is 12.4. The fourth-order valence-corrected chi connectivity index (χ4v) is 2.91. The molecule has 0 bridgehead atoms. The van der Waals surface area contributed by atoms with Crippen LogP contribution >= 0.6 is 0 Å². The highest BCUT2D eigenvalue weighted by Crippen LogP contribution is 2.31. The van der Waals surface area contributed by atoms with Gasteiger partial charge in [-0.1, -0.05) is 6.07 Å². The Bertz CT molecular complexity index is 608. The van der Waals surface area contributed by atoms with E-state index in [1.165, 1.54) is 5.69 Å². The number of rotatable bonds is 3. The Balaban J connectivity index is 1.65. The van der Waals surface area contributed by atoms with E-state index in [9.17, 15) is 4.79 Å². The largest absolute Gasteiger partial charge is 0.353 e. The molecule has 0 spiro atoms. The van der Waals surface area contributed by atoms with Crippen LogP contribution < -0.4 is 5.32 Å². The van der Waals surface area contributed by atoms with Crippen LogP contribution in [0.1, 0.15) is 30.3 Å². The highest BCUT2D eigenvalue weighted by atomic mass is 16.2.